The lowest BCUT2D eigenvalue weighted by molar-refractivity contribution is 0.389. The predicted molar refractivity (Wildman–Crippen MR) is 71.8 cm³/mol. The van der Waals surface area contributed by atoms with Crippen LogP contribution in [0.25, 0.3) is 0 Å². The summed E-state index contributed by atoms with van der Waals surface area (Å²) in [6.45, 7) is 8.32. The standard InChI is InChI=1S/C13H28OSi/c1-5-8-9-10-11-12-13-15(6-2,7-3)14-4/h5H,1,6-13H2,2-4H3. The minimum Gasteiger partial charge on any atom is -0.420 e. The van der Waals surface area contributed by atoms with E-state index in [0.29, 0.717) is 0 Å². The summed E-state index contributed by atoms with van der Waals surface area (Å²) >= 11 is 0. The number of hydrogen-bond acceptors (Lipinski definition) is 1. The van der Waals surface area contributed by atoms with Gasteiger partial charge in [0.05, 0.1) is 0 Å². The Morgan fingerprint density at radius 3 is 2.13 bits per heavy atom. The SMILES string of the molecule is C=CCCCCCC[Si](CC)(CC)OC. The summed E-state index contributed by atoms with van der Waals surface area (Å²) in [6.07, 6.45) is 8.59. The summed E-state index contributed by atoms with van der Waals surface area (Å²) in [7, 11) is 0.608. The van der Waals surface area contributed by atoms with Crippen LogP contribution in [0.5, 0.6) is 0 Å². The molecule has 0 saturated heterocycles. The van der Waals surface area contributed by atoms with Crippen LogP contribution in [-0.4, -0.2) is 15.4 Å². The van der Waals surface area contributed by atoms with E-state index in [9.17, 15) is 0 Å². The van der Waals surface area contributed by atoms with Gasteiger partial charge in [0, 0.05) is 7.11 Å². The maximum absolute atomic E-state index is 5.79. The molecular weight excluding hydrogens is 200 g/mol. The van der Waals surface area contributed by atoms with Gasteiger partial charge in [0.2, 0.25) is 0 Å². The van der Waals surface area contributed by atoms with Crippen LogP contribution in [0.2, 0.25) is 18.1 Å². The molecule has 0 aliphatic carbocycles. The molecule has 0 radical (unpaired) electrons. The van der Waals surface area contributed by atoms with Crippen molar-refractivity contribution in [2.75, 3.05) is 7.11 Å². The molecule has 0 aromatic carbocycles. The fraction of sp³-hybridized carbons (Fsp3) is 0.846. The van der Waals surface area contributed by atoms with Crippen LogP contribution in [0.3, 0.4) is 0 Å². The first-order valence-electron chi connectivity index (χ1n) is 6.40. The second-order valence-corrected chi connectivity index (χ2v) is 9.02. The Balaban J connectivity index is 3.58. The molecule has 0 aliphatic rings. The second kappa shape index (κ2) is 9.17. The summed E-state index contributed by atoms with van der Waals surface area (Å²) in [6, 6.07) is 3.89. The van der Waals surface area contributed by atoms with Crippen molar-refractivity contribution in [1.82, 2.24) is 0 Å². The lowest BCUT2D eigenvalue weighted by Crippen LogP contribution is -2.34. The summed E-state index contributed by atoms with van der Waals surface area (Å²) < 4.78 is 5.79. The maximum Gasteiger partial charge on any atom is 0.191 e. The molecule has 0 aromatic heterocycles. The van der Waals surface area contributed by atoms with E-state index in [4.69, 9.17) is 4.43 Å². The third-order valence-electron chi connectivity index (χ3n) is 3.51. The molecule has 0 spiro atoms. The molecule has 0 saturated carbocycles. The molecule has 0 aliphatic heterocycles. The molecule has 0 bridgehead atoms. The van der Waals surface area contributed by atoms with E-state index in [1.54, 1.807) is 0 Å². The van der Waals surface area contributed by atoms with Crippen LogP contribution in [0.15, 0.2) is 12.7 Å². The average molecular weight is 228 g/mol. The lowest BCUT2D eigenvalue weighted by atomic mass is 10.1. The predicted octanol–water partition coefficient (Wildman–Crippen LogP) is 4.75. The van der Waals surface area contributed by atoms with Gasteiger partial charge in [-0.05, 0) is 31.0 Å². The van der Waals surface area contributed by atoms with Crippen LogP contribution in [0.4, 0.5) is 0 Å². The Morgan fingerprint density at radius 2 is 1.67 bits per heavy atom. The van der Waals surface area contributed by atoms with E-state index in [1.165, 1.54) is 50.2 Å². The number of unbranched alkanes of at least 4 members (excludes halogenated alkanes) is 4. The lowest BCUT2D eigenvalue weighted by Gasteiger charge is -2.27. The Bertz CT molecular complexity index is 144. The monoisotopic (exact) mass is 228 g/mol. The molecule has 90 valence electrons. The van der Waals surface area contributed by atoms with Crippen molar-refractivity contribution in [2.24, 2.45) is 0 Å². The van der Waals surface area contributed by atoms with Gasteiger partial charge in [-0.3, -0.25) is 0 Å². The molecule has 15 heavy (non-hydrogen) atoms. The van der Waals surface area contributed by atoms with Gasteiger partial charge in [-0.2, -0.15) is 0 Å². The molecule has 0 N–H and O–H groups in total. The van der Waals surface area contributed by atoms with Crippen molar-refractivity contribution in [3.63, 3.8) is 0 Å². The number of hydrogen-bond donors (Lipinski definition) is 0. The van der Waals surface area contributed by atoms with Crippen LogP contribution in [-0.2, 0) is 4.43 Å². The molecule has 0 aromatic rings. The molecule has 0 unspecified atom stereocenters. The molecule has 0 fully saturated rings. The van der Waals surface area contributed by atoms with Gasteiger partial charge in [0.25, 0.3) is 0 Å². The minimum absolute atomic E-state index is 1.18. The zero-order valence-corrected chi connectivity index (χ0v) is 11.8. The normalized spacial score (nSPS) is 11.7. The summed E-state index contributed by atoms with van der Waals surface area (Å²) in [5.41, 5.74) is 0. The first-order chi connectivity index (χ1) is 7.24. The molecule has 0 amide bonds. The van der Waals surface area contributed by atoms with E-state index >= 15 is 0 Å². The second-order valence-electron chi connectivity index (χ2n) is 4.34. The van der Waals surface area contributed by atoms with Gasteiger partial charge in [-0.25, -0.2) is 0 Å². The van der Waals surface area contributed by atoms with Crippen molar-refractivity contribution >= 4 is 8.32 Å². The topological polar surface area (TPSA) is 9.23 Å². The van der Waals surface area contributed by atoms with Gasteiger partial charge in [0.1, 0.15) is 0 Å². The highest BCUT2D eigenvalue weighted by molar-refractivity contribution is 6.73. The van der Waals surface area contributed by atoms with E-state index in [2.05, 4.69) is 20.4 Å². The molecular formula is C13H28OSi. The van der Waals surface area contributed by atoms with Crippen LogP contribution >= 0.6 is 0 Å². The van der Waals surface area contributed by atoms with Crippen LogP contribution in [0, 0.1) is 0 Å². The third-order valence-corrected chi connectivity index (χ3v) is 8.22. The van der Waals surface area contributed by atoms with Crippen molar-refractivity contribution < 1.29 is 4.43 Å². The van der Waals surface area contributed by atoms with E-state index in [1.807, 2.05) is 13.2 Å². The Labute approximate surface area is 97.0 Å². The largest absolute Gasteiger partial charge is 0.420 e. The van der Waals surface area contributed by atoms with E-state index < -0.39 is 8.32 Å². The zero-order chi connectivity index (χ0) is 11.6. The number of allylic oxidation sites excluding steroid dienone is 1. The molecule has 0 rings (SSSR count). The summed E-state index contributed by atoms with van der Waals surface area (Å²) in [4.78, 5) is 0. The fourth-order valence-corrected chi connectivity index (χ4v) is 4.97. The molecule has 2 heteroatoms. The first kappa shape index (κ1) is 14.9. The van der Waals surface area contributed by atoms with Gasteiger partial charge in [-0.15, -0.1) is 6.58 Å². The minimum atomic E-state index is -1.31. The Morgan fingerprint density at radius 1 is 1.07 bits per heavy atom. The highest BCUT2D eigenvalue weighted by Gasteiger charge is 2.28. The van der Waals surface area contributed by atoms with Crippen LogP contribution < -0.4 is 0 Å². The smallest absolute Gasteiger partial charge is 0.191 e. The quantitative estimate of drug-likeness (QED) is 0.298. The van der Waals surface area contributed by atoms with E-state index in [0.717, 1.165) is 0 Å². The van der Waals surface area contributed by atoms with Crippen molar-refractivity contribution in [3.8, 4) is 0 Å². The zero-order valence-electron chi connectivity index (χ0n) is 10.8. The summed E-state index contributed by atoms with van der Waals surface area (Å²) in [5, 5.41) is 0. The van der Waals surface area contributed by atoms with Gasteiger partial charge in [0.15, 0.2) is 8.32 Å². The van der Waals surface area contributed by atoms with Crippen molar-refractivity contribution in [3.05, 3.63) is 12.7 Å². The third kappa shape index (κ3) is 6.16. The van der Waals surface area contributed by atoms with Crippen molar-refractivity contribution in [1.29, 1.82) is 0 Å². The first-order valence-corrected chi connectivity index (χ1v) is 8.93. The Hall–Kier alpha value is -0.0831. The average Bonchev–Trinajstić information content (AvgIpc) is 2.29. The van der Waals surface area contributed by atoms with E-state index in [-0.39, 0.29) is 0 Å². The Kier molecular flexibility index (Phi) is 9.11. The van der Waals surface area contributed by atoms with Gasteiger partial charge >= 0.3 is 0 Å². The maximum atomic E-state index is 5.79. The molecule has 0 atom stereocenters. The van der Waals surface area contributed by atoms with Gasteiger partial charge < -0.3 is 4.43 Å². The molecule has 1 nitrogen and oxygen atoms in total. The number of rotatable bonds is 10. The molecule has 0 heterocycles. The highest BCUT2D eigenvalue weighted by atomic mass is 28.4. The summed E-state index contributed by atoms with van der Waals surface area (Å²) in [5.74, 6) is 0. The fourth-order valence-electron chi connectivity index (χ4n) is 2.08. The van der Waals surface area contributed by atoms with Gasteiger partial charge in [-0.1, -0.05) is 39.2 Å². The van der Waals surface area contributed by atoms with Crippen LogP contribution in [0.1, 0.15) is 46.0 Å². The van der Waals surface area contributed by atoms with Crippen molar-refractivity contribution in [2.45, 2.75) is 64.1 Å². The highest BCUT2D eigenvalue weighted by Crippen LogP contribution is 2.24.